The summed E-state index contributed by atoms with van der Waals surface area (Å²) >= 11 is 2.38. The lowest BCUT2D eigenvalue weighted by Crippen LogP contribution is -2.10. The second kappa shape index (κ2) is 8.47. The molecule has 4 nitrogen and oxygen atoms in total. The predicted octanol–water partition coefficient (Wildman–Crippen LogP) is 6.99. The molecule has 11 heteroatoms. The number of fused-ring (bicyclic) bond motifs is 1. The van der Waals surface area contributed by atoms with Crippen molar-refractivity contribution in [2.45, 2.75) is 55.1 Å². The van der Waals surface area contributed by atoms with Crippen molar-refractivity contribution < 1.29 is 17.6 Å². The number of halogens is 4. The van der Waals surface area contributed by atoms with Crippen LogP contribution in [0.1, 0.15) is 59.6 Å². The zero-order valence-corrected chi connectivity index (χ0v) is 20.3. The van der Waals surface area contributed by atoms with E-state index in [9.17, 15) is 17.6 Å². The minimum absolute atomic E-state index is 0.140. The van der Waals surface area contributed by atoms with Crippen LogP contribution in [0.3, 0.4) is 0 Å². The van der Waals surface area contributed by atoms with Gasteiger partial charge in [0.05, 0.1) is 15.4 Å². The largest absolute Gasteiger partial charge is 0.315 e. The first-order valence-corrected chi connectivity index (χ1v) is 12.8. The standard InChI is InChI=1S/C20H24F4N4S3/c1-8-31(7)14-12(29-17-13(14)30-18(27-17)20(4,23)24)16-26-11(15(25-5)28(16)6)9-10(2)19(3,21)22/h9,12,14H,5,7-8H2,1-4,6H3/b10-9+. The van der Waals surface area contributed by atoms with E-state index in [1.807, 2.05) is 6.92 Å². The summed E-state index contributed by atoms with van der Waals surface area (Å²) in [7, 11) is 1.38. The maximum absolute atomic E-state index is 13.8. The van der Waals surface area contributed by atoms with Crippen molar-refractivity contribution in [2.24, 2.45) is 12.0 Å². The Hall–Kier alpha value is -1.46. The number of aromatic nitrogens is 3. The Morgan fingerprint density at radius 1 is 1.29 bits per heavy atom. The number of nitrogens with zero attached hydrogens (tertiary/aromatic N) is 4. The van der Waals surface area contributed by atoms with Crippen LogP contribution in [-0.2, 0) is 13.0 Å². The Bertz CT molecular complexity index is 1060. The van der Waals surface area contributed by atoms with Gasteiger partial charge in [0.25, 0.3) is 11.8 Å². The molecular formula is C20H24F4N4S3. The van der Waals surface area contributed by atoms with Gasteiger partial charge in [0.15, 0.2) is 10.8 Å². The predicted molar refractivity (Wildman–Crippen MR) is 125 cm³/mol. The first-order chi connectivity index (χ1) is 14.3. The Morgan fingerprint density at radius 3 is 2.45 bits per heavy atom. The molecule has 1 aliphatic rings. The number of rotatable bonds is 7. The molecule has 31 heavy (non-hydrogen) atoms. The lowest BCUT2D eigenvalue weighted by molar-refractivity contribution is 0.0168. The number of aliphatic imine (C=N–C) groups is 1. The summed E-state index contributed by atoms with van der Waals surface area (Å²) in [5.74, 6) is 0.0250. The van der Waals surface area contributed by atoms with Crippen LogP contribution >= 0.6 is 33.6 Å². The Labute approximate surface area is 189 Å². The Morgan fingerprint density at radius 2 is 1.94 bits per heavy atom. The van der Waals surface area contributed by atoms with Gasteiger partial charge in [0.2, 0.25) is 0 Å². The van der Waals surface area contributed by atoms with E-state index < -0.39 is 11.8 Å². The first kappa shape index (κ1) is 24.2. The van der Waals surface area contributed by atoms with Gasteiger partial charge >= 0.3 is 0 Å². The number of alkyl halides is 4. The van der Waals surface area contributed by atoms with E-state index in [-0.39, 0.29) is 31.6 Å². The van der Waals surface area contributed by atoms with E-state index in [0.717, 1.165) is 35.8 Å². The fourth-order valence-corrected chi connectivity index (χ4v) is 8.22. The van der Waals surface area contributed by atoms with Gasteiger partial charge in [0, 0.05) is 20.9 Å². The number of thioether (sulfide) groups is 1. The van der Waals surface area contributed by atoms with Crippen LogP contribution in [0, 0.1) is 0 Å². The van der Waals surface area contributed by atoms with Crippen molar-refractivity contribution in [2.75, 3.05) is 5.75 Å². The third-order valence-corrected chi connectivity index (χ3v) is 10.1. The lowest BCUT2D eigenvalue weighted by atomic mass is 10.1. The topological polar surface area (TPSA) is 43.1 Å². The monoisotopic (exact) mass is 492 g/mol. The SMILES string of the molecule is C=Nc1c(/C=C(\C)C(C)(F)F)nc(C2Sc3nc(C(C)(F)F)sc3C2S(=C)CC)n1C. The first-order valence-electron chi connectivity index (χ1n) is 9.44. The highest BCUT2D eigenvalue weighted by Gasteiger charge is 2.43. The smallest absolute Gasteiger partial charge is 0.296 e. The van der Waals surface area contributed by atoms with E-state index in [0.29, 0.717) is 22.4 Å². The van der Waals surface area contributed by atoms with Gasteiger partial charge in [-0.2, -0.15) is 19.3 Å². The molecule has 0 spiro atoms. The van der Waals surface area contributed by atoms with E-state index in [4.69, 9.17) is 0 Å². The van der Waals surface area contributed by atoms with Gasteiger partial charge in [-0.15, -0.1) is 11.3 Å². The van der Waals surface area contributed by atoms with Crippen molar-refractivity contribution in [3.05, 3.63) is 27.0 Å². The molecule has 0 aliphatic carbocycles. The molecule has 170 valence electrons. The molecule has 3 unspecified atom stereocenters. The summed E-state index contributed by atoms with van der Waals surface area (Å²) in [6, 6.07) is 0. The average molecular weight is 493 g/mol. The molecule has 1 aliphatic heterocycles. The molecule has 0 fully saturated rings. The second-order valence-electron chi connectivity index (χ2n) is 7.47. The van der Waals surface area contributed by atoms with Crippen LogP contribution in [0.15, 0.2) is 15.6 Å². The highest BCUT2D eigenvalue weighted by Crippen LogP contribution is 2.62. The number of hydrogen-bond donors (Lipinski definition) is 0. The molecule has 3 atom stereocenters. The van der Waals surface area contributed by atoms with E-state index in [2.05, 4.69) is 27.5 Å². The molecule has 2 aromatic heterocycles. The van der Waals surface area contributed by atoms with Gasteiger partial charge in [-0.05, 0) is 31.0 Å². The van der Waals surface area contributed by atoms with Gasteiger partial charge in [-0.3, -0.25) is 0 Å². The maximum atomic E-state index is 13.8. The molecule has 0 radical (unpaired) electrons. The van der Waals surface area contributed by atoms with E-state index in [1.165, 1.54) is 24.8 Å². The van der Waals surface area contributed by atoms with Crippen LogP contribution in [0.2, 0.25) is 0 Å². The molecule has 0 N–H and O–H groups in total. The van der Waals surface area contributed by atoms with Gasteiger partial charge in [0.1, 0.15) is 16.5 Å². The maximum Gasteiger partial charge on any atom is 0.296 e. The highest BCUT2D eigenvalue weighted by molar-refractivity contribution is 8.15. The summed E-state index contributed by atoms with van der Waals surface area (Å²) in [5.41, 5.74) is 0.161. The highest BCUT2D eigenvalue weighted by atomic mass is 32.2. The number of imidazole rings is 1. The number of thiazole rings is 1. The summed E-state index contributed by atoms with van der Waals surface area (Å²) < 4.78 is 56.8. The molecule has 0 bridgehead atoms. The fraction of sp³-hybridized carbons (Fsp3) is 0.500. The molecule has 0 saturated carbocycles. The summed E-state index contributed by atoms with van der Waals surface area (Å²) in [6.07, 6.45) is 1.32. The molecule has 3 rings (SSSR count). The molecule has 0 amide bonds. The van der Waals surface area contributed by atoms with Crippen molar-refractivity contribution in [1.29, 1.82) is 0 Å². The minimum Gasteiger partial charge on any atom is -0.315 e. The van der Waals surface area contributed by atoms with Crippen LogP contribution in [0.25, 0.3) is 6.08 Å². The Kier molecular flexibility index (Phi) is 6.61. The van der Waals surface area contributed by atoms with Crippen LogP contribution in [-0.4, -0.2) is 38.8 Å². The van der Waals surface area contributed by atoms with E-state index >= 15 is 0 Å². The molecule has 3 heterocycles. The summed E-state index contributed by atoms with van der Waals surface area (Å²) in [4.78, 5) is 13.6. The molecule has 2 aromatic rings. The third-order valence-electron chi connectivity index (χ3n) is 5.07. The zero-order chi connectivity index (χ0) is 23.3. The third kappa shape index (κ3) is 4.54. The van der Waals surface area contributed by atoms with Gasteiger partial charge in [-0.25, -0.2) is 23.7 Å². The fourth-order valence-electron chi connectivity index (χ4n) is 3.18. The average Bonchev–Trinajstić information content (AvgIpc) is 3.30. The number of allylic oxidation sites excluding steroid dienone is 1. The molecule has 0 saturated heterocycles. The van der Waals surface area contributed by atoms with Crippen molar-refractivity contribution >= 4 is 58.1 Å². The summed E-state index contributed by atoms with van der Waals surface area (Å²) in [6.45, 7) is 8.57. The molecular weight excluding hydrogens is 468 g/mol. The van der Waals surface area contributed by atoms with Crippen molar-refractivity contribution in [3.8, 4) is 0 Å². The second-order valence-corrected chi connectivity index (χ2v) is 11.8. The van der Waals surface area contributed by atoms with Crippen LogP contribution in [0.4, 0.5) is 23.4 Å². The van der Waals surface area contributed by atoms with Crippen LogP contribution in [0.5, 0.6) is 0 Å². The van der Waals surface area contributed by atoms with Crippen molar-refractivity contribution in [1.82, 2.24) is 14.5 Å². The normalized spacial score (nSPS) is 20.7. The van der Waals surface area contributed by atoms with E-state index in [1.54, 1.807) is 11.6 Å². The minimum atomic E-state index is -3.01. The quantitative estimate of drug-likeness (QED) is 0.238. The van der Waals surface area contributed by atoms with Crippen LogP contribution < -0.4 is 0 Å². The Balaban J connectivity index is 2.10. The van der Waals surface area contributed by atoms with Gasteiger partial charge < -0.3 is 4.57 Å². The lowest BCUT2D eigenvalue weighted by Gasteiger charge is -2.21. The van der Waals surface area contributed by atoms with Gasteiger partial charge in [-0.1, -0.05) is 24.6 Å². The molecule has 0 aromatic carbocycles. The van der Waals surface area contributed by atoms with Crippen molar-refractivity contribution in [3.63, 3.8) is 0 Å². The summed E-state index contributed by atoms with van der Waals surface area (Å²) in [5, 5.41) is -0.0260. The zero-order valence-electron chi connectivity index (χ0n) is 17.9. The number of hydrogen-bond acceptors (Lipinski definition) is 5.